The van der Waals surface area contributed by atoms with Gasteiger partial charge in [0.25, 0.3) is 11.7 Å². The number of nitrogens with one attached hydrogen (secondary N) is 2. The van der Waals surface area contributed by atoms with E-state index in [2.05, 4.69) is 20.4 Å². The number of benzene rings is 1. The summed E-state index contributed by atoms with van der Waals surface area (Å²) in [4.78, 5) is 56.1. The quantitative estimate of drug-likeness (QED) is 0.505. The Labute approximate surface area is 187 Å². The minimum absolute atomic E-state index is 0.172. The van der Waals surface area contributed by atoms with E-state index in [1.807, 2.05) is 6.92 Å². The Kier molecular flexibility index (Phi) is 5.27. The van der Waals surface area contributed by atoms with Gasteiger partial charge in [0.2, 0.25) is 0 Å². The Morgan fingerprint density at radius 1 is 1.24 bits per heavy atom. The summed E-state index contributed by atoms with van der Waals surface area (Å²) in [5.74, 6) is -2.55. The number of aromatic nitrogens is 4. The van der Waals surface area contributed by atoms with Crippen molar-refractivity contribution in [3.63, 3.8) is 0 Å². The molecule has 0 saturated heterocycles. The molecule has 0 unspecified atom stereocenters. The standard InChI is InChI=1S/C22H23N5O6/c1-10-11-7-8-14(13(11)6-5-12(10)19(31)33-22(2,3)4)23-17(28)15-9-16(18(29)30)27-20(24-15)25-21(32)26-27/h5-6,9,14H,7-8H2,1-4H3,(H,23,28)(H,26,32)(H,29,30)/t14-/m0/s1. The van der Waals surface area contributed by atoms with Crippen molar-refractivity contribution in [3.05, 3.63) is 62.3 Å². The van der Waals surface area contributed by atoms with Crippen LogP contribution in [0.1, 0.15) is 81.3 Å². The molecule has 0 aliphatic heterocycles. The molecule has 0 spiro atoms. The molecule has 1 aromatic carbocycles. The van der Waals surface area contributed by atoms with Crippen molar-refractivity contribution in [2.75, 3.05) is 0 Å². The summed E-state index contributed by atoms with van der Waals surface area (Å²) in [5, 5.41) is 14.5. The number of H-pyrrole nitrogens is 1. The number of hydrogen-bond acceptors (Lipinski definition) is 7. The molecule has 4 rings (SSSR count). The molecule has 1 atom stereocenters. The fourth-order valence-corrected chi connectivity index (χ4v) is 3.98. The van der Waals surface area contributed by atoms with Crippen LogP contribution in [0.4, 0.5) is 0 Å². The topological polar surface area (TPSA) is 156 Å². The predicted octanol–water partition coefficient (Wildman–Crippen LogP) is 1.80. The number of carbonyl (C=O) groups excluding carboxylic acids is 2. The maximum atomic E-state index is 12.9. The highest BCUT2D eigenvalue weighted by molar-refractivity contribution is 5.96. The van der Waals surface area contributed by atoms with Crippen molar-refractivity contribution in [2.24, 2.45) is 0 Å². The number of hydrogen-bond donors (Lipinski definition) is 3. The molecular formula is C22H23N5O6. The lowest BCUT2D eigenvalue weighted by Crippen LogP contribution is -2.29. The molecule has 0 saturated carbocycles. The Morgan fingerprint density at radius 3 is 2.64 bits per heavy atom. The van der Waals surface area contributed by atoms with Crippen LogP contribution in [0.25, 0.3) is 5.78 Å². The monoisotopic (exact) mass is 453 g/mol. The van der Waals surface area contributed by atoms with Crippen LogP contribution in [0.3, 0.4) is 0 Å². The van der Waals surface area contributed by atoms with E-state index in [0.29, 0.717) is 18.4 Å². The van der Waals surface area contributed by atoms with Gasteiger partial charge < -0.3 is 15.2 Å². The summed E-state index contributed by atoms with van der Waals surface area (Å²) < 4.78 is 6.39. The van der Waals surface area contributed by atoms with Crippen molar-refractivity contribution in [1.29, 1.82) is 0 Å². The van der Waals surface area contributed by atoms with Gasteiger partial charge in [0.05, 0.1) is 11.6 Å². The van der Waals surface area contributed by atoms with Crippen molar-refractivity contribution < 1.29 is 24.2 Å². The Balaban J connectivity index is 1.61. The van der Waals surface area contributed by atoms with Crippen molar-refractivity contribution in [3.8, 4) is 0 Å². The summed E-state index contributed by atoms with van der Waals surface area (Å²) in [5.41, 5.74) is 1.24. The molecule has 1 aliphatic rings. The number of rotatable bonds is 4. The van der Waals surface area contributed by atoms with Crippen molar-refractivity contribution >= 4 is 23.6 Å². The number of esters is 1. The second-order valence-corrected chi connectivity index (χ2v) is 8.87. The molecular weight excluding hydrogens is 430 g/mol. The van der Waals surface area contributed by atoms with Gasteiger partial charge in [0.15, 0.2) is 5.69 Å². The van der Waals surface area contributed by atoms with Crippen LogP contribution in [0.15, 0.2) is 23.0 Å². The van der Waals surface area contributed by atoms with Crippen LogP contribution in [0.2, 0.25) is 0 Å². The molecule has 11 heteroatoms. The molecule has 3 N–H and O–H groups in total. The number of fused-ring (bicyclic) bond motifs is 2. The van der Waals surface area contributed by atoms with Gasteiger partial charge >= 0.3 is 17.6 Å². The molecule has 0 radical (unpaired) electrons. The van der Waals surface area contributed by atoms with Crippen molar-refractivity contribution in [2.45, 2.75) is 52.2 Å². The largest absolute Gasteiger partial charge is 0.477 e. The first-order chi connectivity index (χ1) is 15.4. The van der Waals surface area contributed by atoms with Crippen LogP contribution in [0.5, 0.6) is 0 Å². The molecule has 172 valence electrons. The van der Waals surface area contributed by atoms with Gasteiger partial charge in [-0.2, -0.15) is 4.98 Å². The number of aromatic amines is 1. The predicted molar refractivity (Wildman–Crippen MR) is 115 cm³/mol. The zero-order chi connectivity index (χ0) is 24.1. The van der Waals surface area contributed by atoms with Crippen LogP contribution in [-0.2, 0) is 11.2 Å². The van der Waals surface area contributed by atoms with Crippen LogP contribution in [0, 0.1) is 6.92 Å². The highest BCUT2D eigenvalue weighted by Gasteiger charge is 2.29. The zero-order valence-corrected chi connectivity index (χ0v) is 18.6. The average molecular weight is 453 g/mol. The normalized spacial score (nSPS) is 15.3. The third-order valence-electron chi connectivity index (χ3n) is 5.41. The Hall–Kier alpha value is -4.02. The lowest BCUT2D eigenvalue weighted by atomic mass is 9.97. The summed E-state index contributed by atoms with van der Waals surface area (Å²) in [6.45, 7) is 7.27. The Morgan fingerprint density at radius 2 is 1.97 bits per heavy atom. The summed E-state index contributed by atoms with van der Waals surface area (Å²) in [6, 6.07) is 4.23. The number of ether oxygens (including phenoxy) is 1. The third-order valence-corrected chi connectivity index (χ3v) is 5.41. The van der Waals surface area contributed by atoms with Gasteiger partial charge in [-0.25, -0.2) is 29.0 Å². The molecule has 33 heavy (non-hydrogen) atoms. The first-order valence-corrected chi connectivity index (χ1v) is 10.3. The van der Waals surface area contributed by atoms with Crippen molar-refractivity contribution in [1.82, 2.24) is 24.9 Å². The van der Waals surface area contributed by atoms with E-state index in [1.165, 1.54) is 0 Å². The van der Waals surface area contributed by atoms with E-state index >= 15 is 0 Å². The second kappa shape index (κ2) is 7.84. The second-order valence-electron chi connectivity index (χ2n) is 8.87. The van der Waals surface area contributed by atoms with Gasteiger partial charge in [0.1, 0.15) is 11.3 Å². The zero-order valence-electron chi connectivity index (χ0n) is 18.6. The highest BCUT2D eigenvalue weighted by atomic mass is 16.6. The molecule has 2 heterocycles. The number of carboxylic acid groups (broad SMARTS) is 1. The minimum Gasteiger partial charge on any atom is -0.477 e. The van der Waals surface area contributed by atoms with Crippen LogP contribution >= 0.6 is 0 Å². The summed E-state index contributed by atoms with van der Waals surface area (Å²) in [7, 11) is 0. The fourth-order valence-electron chi connectivity index (χ4n) is 3.98. The average Bonchev–Trinajstić information content (AvgIpc) is 3.28. The minimum atomic E-state index is -1.35. The van der Waals surface area contributed by atoms with Crippen LogP contribution < -0.4 is 11.0 Å². The summed E-state index contributed by atoms with van der Waals surface area (Å²) >= 11 is 0. The molecule has 2 aromatic heterocycles. The van der Waals surface area contributed by atoms with Gasteiger partial charge in [-0.3, -0.25) is 4.79 Å². The SMILES string of the molecule is Cc1c(C(=O)OC(C)(C)C)ccc2c1CC[C@@H]2NC(=O)c1cc(C(=O)O)n2[nH]c(=O)nc2n1. The van der Waals surface area contributed by atoms with E-state index in [4.69, 9.17) is 4.74 Å². The van der Waals surface area contributed by atoms with Crippen LogP contribution in [-0.4, -0.2) is 48.1 Å². The molecule has 11 nitrogen and oxygen atoms in total. The number of amides is 1. The summed E-state index contributed by atoms with van der Waals surface area (Å²) in [6.07, 6.45) is 1.26. The molecule has 0 fully saturated rings. The maximum Gasteiger partial charge on any atom is 0.363 e. The Bertz CT molecular complexity index is 1360. The molecule has 1 amide bonds. The van der Waals surface area contributed by atoms with E-state index in [0.717, 1.165) is 27.3 Å². The molecule has 0 bridgehead atoms. The molecule has 3 aromatic rings. The van der Waals surface area contributed by atoms with Gasteiger partial charge in [-0.15, -0.1) is 0 Å². The van der Waals surface area contributed by atoms with E-state index in [-0.39, 0.29) is 23.2 Å². The maximum absolute atomic E-state index is 12.9. The smallest absolute Gasteiger partial charge is 0.363 e. The lowest BCUT2D eigenvalue weighted by molar-refractivity contribution is 0.00682. The third kappa shape index (κ3) is 4.21. The number of carboxylic acids is 1. The van der Waals surface area contributed by atoms with Gasteiger partial charge in [0, 0.05) is 6.07 Å². The van der Waals surface area contributed by atoms with Gasteiger partial charge in [-0.05, 0) is 63.3 Å². The lowest BCUT2D eigenvalue weighted by Gasteiger charge is -2.21. The highest BCUT2D eigenvalue weighted by Crippen LogP contribution is 2.35. The first kappa shape index (κ1) is 22.2. The van der Waals surface area contributed by atoms with E-state index in [1.54, 1.807) is 32.9 Å². The van der Waals surface area contributed by atoms with Gasteiger partial charge in [-0.1, -0.05) is 6.07 Å². The first-order valence-electron chi connectivity index (χ1n) is 10.3. The number of carbonyl (C=O) groups is 3. The number of nitrogens with zero attached hydrogens (tertiary/aromatic N) is 3. The van der Waals surface area contributed by atoms with E-state index in [9.17, 15) is 24.3 Å². The molecule has 1 aliphatic carbocycles. The fraction of sp³-hybridized carbons (Fsp3) is 0.364. The van der Waals surface area contributed by atoms with E-state index < -0.39 is 29.1 Å². The number of aromatic carboxylic acids is 1.